The zero-order chi connectivity index (χ0) is 20.4. The first-order chi connectivity index (χ1) is 13.5. The van der Waals surface area contributed by atoms with Crippen LogP contribution in [0.3, 0.4) is 0 Å². The highest BCUT2D eigenvalue weighted by atomic mass is 16.1. The Hall–Kier alpha value is -2.89. The van der Waals surface area contributed by atoms with E-state index in [-0.39, 0.29) is 11.9 Å². The lowest BCUT2D eigenvalue weighted by Crippen LogP contribution is -2.42. The maximum atomic E-state index is 12.0. The van der Waals surface area contributed by atoms with Gasteiger partial charge in [-0.3, -0.25) is 14.8 Å². The summed E-state index contributed by atoms with van der Waals surface area (Å²) in [7, 11) is 1.74. The summed E-state index contributed by atoms with van der Waals surface area (Å²) in [6, 6.07) is 12.3. The van der Waals surface area contributed by atoms with Crippen LogP contribution in [0.2, 0.25) is 0 Å². The van der Waals surface area contributed by atoms with E-state index in [1.165, 1.54) is 11.1 Å². The fourth-order valence-corrected chi connectivity index (χ4v) is 2.85. The van der Waals surface area contributed by atoms with Crippen LogP contribution in [0.15, 0.2) is 53.8 Å². The molecule has 0 saturated carbocycles. The fourth-order valence-electron chi connectivity index (χ4n) is 2.85. The van der Waals surface area contributed by atoms with Crippen LogP contribution in [0.25, 0.3) is 0 Å². The second-order valence-electron chi connectivity index (χ2n) is 7.20. The molecule has 2 rings (SSSR count). The monoisotopic (exact) mass is 381 g/mol. The maximum Gasteiger partial charge on any atom is 0.252 e. The van der Waals surface area contributed by atoms with Crippen LogP contribution in [0, 0.1) is 5.92 Å². The number of carbonyl (C=O) groups excluding carboxylic acids is 1. The molecule has 0 spiro atoms. The topological polar surface area (TPSA) is 78.4 Å². The molecule has 1 heterocycles. The molecule has 1 unspecified atom stereocenters. The van der Waals surface area contributed by atoms with Crippen LogP contribution in [-0.2, 0) is 6.42 Å². The van der Waals surface area contributed by atoms with E-state index in [2.05, 4.69) is 71.0 Å². The third-order valence-electron chi connectivity index (χ3n) is 4.33. The molecule has 0 bridgehead atoms. The van der Waals surface area contributed by atoms with Crippen LogP contribution in [0.5, 0.6) is 0 Å². The van der Waals surface area contributed by atoms with Gasteiger partial charge in [-0.05, 0) is 42.5 Å². The Morgan fingerprint density at radius 3 is 2.39 bits per heavy atom. The molecule has 0 saturated heterocycles. The standard InChI is InChI=1S/C22H31N5O/c1-16(2)14-18-7-9-19(10-8-18)17(3)27-22(23-4)26-13-12-25-21(28)20-6-5-11-24-15-20/h5-11,15-17H,12-14H2,1-4H3,(H,25,28)(H2,23,26,27). The Labute approximate surface area is 167 Å². The van der Waals surface area contributed by atoms with Gasteiger partial charge in [0.1, 0.15) is 0 Å². The molecule has 6 nitrogen and oxygen atoms in total. The van der Waals surface area contributed by atoms with Crippen molar-refractivity contribution in [2.45, 2.75) is 33.2 Å². The van der Waals surface area contributed by atoms with Gasteiger partial charge in [-0.1, -0.05) is 38.1 Å². The van der Waals surface area contributed by atoms with E-state index in [0.29, 0.717) is 30.5 Å². The van der Waals surface area contributed by atoms with E-state index in [4.69, 9.17) is 0 Å². The average molecular weight is 382 g/mol. The van der Waals surface area contributed by atoms with Gasteiger partial charge in [0.2, 0.25) is 0 Å². The lowest BCUT2D eigenvalue weighted by molar-refractivity contribution is 0.0954. The van der Waals surface area contributed by atoms with E-state index in [9.17, 15) is 4.79 Å². The Morgan fingerprint density at radius 1 is 1.07 bits per heavy atom. The highest BCUT2D eigenvalue weighted by Crippen LogP contribution is 2.15. The molecule has 0 radical (unpaired) electrons. The smallest absolute Gasteiger partial charge is 0.252 e. The lowest BCUT2D eigenvalue weighted by Gasteiger charge is -2.19. The fraction of sp³-hybridized carbons (Fsp3) is 0.409. The van der Waals surface area contributed by atoms with Gasteiger partial charge in [-0.2, -0.15) is 0 Å². The van der Waals surface area contributed by atoms with E-state index >= 15 is 0 Å². The van der Waals surface area contributed by atoms with E-state index in [0.717, 1.165) is 6.42 Å². The molecule has 150 valence electrons. The van der Waals surface area contributed by atoms with E-state index < -0.39 is 0 Å². The summed E-state index contributed by atoms with van der Waals surface area (Å²) < 4.78 is 0. The number of amides is 1. The first kappa shape index (κ1) is 21.4. The van der Waals surface area contributed by atoms with Crippen molar-refractivity contribution in [1.82, 2.24) is 20.9 Å². The summed E-state index contributed by atoms with van der Waals surface area (Å²) in [5.41, 5.74) is 3.12. The highest BCUT2D eigenvalue weighted by Gasteiger charge is 2.09. The predicted octanol–water partition coefficient (Wildman–Crippen LogP) is 2.94. The summed E-state index contributed by atoms with van der Waals surface area (Å²) in [6.45, 7) is 7.63. The number of pyridine rings is 1. The zero-order valence-electron chi connectivity index (χ0n) is 17.2. The van der Waals surface area contributed by atoms with Gasteiger partial charge < -0.3 is 16.0 Å². The number of nitrogens with one attached hydrogen (secondary N) is 3. The minimum atomic E-state index is -0.132. The number of aromatic nitrogens is 1. The van der Waals surface area contributed by atoms with E-state index in [1.54, 1.807) is 31.6 Å². The molecule has 0 aliphatic heterocycles. The van der Waals surface area contributed by atoms with Gasteiger partial charge in [-0.25, -0.2) is 0 Å². The predicted molar refractivity (Wildman–Crippen MR) is 114 cm³/mol. The number of nitrogens with zero attached hydrogens (tertiary/aromatic N) is 2. The molecule has 28 heavy (non-hydrogen) atoms. The van der Waals surface area contributed by atoms with Gasteiger partial charge in [0, 0.05) is 32.5 Å². The van der Waals surface area contributed by atoms with Crippen LogP contribution < -0.4 is 16.0 Å². The Kier molecular flexibility index (Phi) is 8.46. The van der Waals surface area contributed by atoms with Crippen LogP contribution in [-0.4, -0.2) is 37.0 Å². The normalized spacial score (nSPS) is 12.5. The second kappa shape index (κ2) is 11.1. The Balaban J connectivity index is 1.76. The van der Waals surface area contributed by atoms with Crippen molar-refractivity contribution >= 4 is 11.9 Å². The third-order valence-corrected chi connectivity index (χ3v) is 4.33. The Morgan fingerprint density at radius 2 is 1.79 bits per heavy atom. The summed E-state index contributed by atoms with van der Waals surface area (Å²) in [5, 5.41) is 9.46. The SMILES string of the molecule is CN=C(NCCNC(=O)c1cccnc1)NC(C)c1ccc(CC(C)C)cc1. The van der Waals surface area contributed by atoms with Gasteiger partial charge >= 0.3 is 0 Å². The molecular weight excluding hydrogens is 350 g/mol. The average Bonchev–Trinajstić information content (AvgIpc) is 2.70. The van der Waals surface area contributed by atoms with Gasteiger partial charge in [0.05, 0.1) is 11.6 Å². The molecular formula is C22H31N5O. The van der Waals surface area contributed by atoms with Crippen LogP contribution in [0.4, 0.5) is 0 Å². The Bertz CT molecular complexity index is 756. The number of rotatable bonds is 8. The largest absolute Gasteiger partial charge is 0.355 e. The van der Waals surface area contributed by atoms with Crippen molar-refractivity contribution in [3.63, 3.8) is 0 Å². The van der Waals surface area contributed by atoms with Gasteiger partial charge in [0.25, 0.3) is 5.91 Å². The molecule has 0 aliphatic carbocycles. The summed E-state index contributed by atoms with van der Waals surface area (Å²) in [6.07, 6.45) is 4.29. The van der Waals surface area contributed by atoms with Crippen molar-refractivity contribution in [3.05, 3.63) is 65.5 Å². The van der Waals surface area contributed by atoms with Crippen molar-refractivity contribution < 1.29 is 4.79 Å². The molecule has 1 atom stereocenters. The number of aliphatic imine (C=N–C) groups is 1. The summed E-state index contributed by atoms with van der Waals surface area (Å²) >= 11 is 0. The number of carbonyl (C=O) groups is 1. The summed E-state index contributed by atoms with van der Waals surface area (Å²) in [4.78, 5) is 20.2. The van der Waals surface area contributed by atoms with Crippen molar-refractivity contribution in [3.8, 4) is 0 Å². The maximum absolute atomic E-state index is 12.0. The second-order valence-corrected chi connectivity index (χ2v) is 7.20. The minimum absolute atomic E-state index is 0.129. The molecule has 0 aliphatic rings. The molecule has 0 fully saturated rings. The van der Waals surface area contributed by atoms with Crippen LogP contribution in [0.1, 0.15) is 48.3 Å². The van der Waals surface area contributed by atoms with Crippen molar-refractivity contribution in [1.29, 1.82) is 0 Å². The molecule has 2 aromatic rings. The number of hydrogen-bond acceptors (Lipinski definition) is 3. The van der Waals surface area contributed by atoms with Crippen molar-refractivity contribution in [2.24, 2.45) is 10.9 Å². The van der Waals surface area contributed by atoms with Crippen LogP contribution >= 0.6 is 0 Å². The van der Waals surface area contributed by atoms with Crippen molar-refractivity contribution in [2.75, 3.05) is 20.1 Å². The molecule has 1 amide bonds. The molecule has 1 aromatic carbocycles. The highest BCUT2D eigenvalue weighted by molar-refractivity contribution is 5.93. The lowest BCUT2D eigenvalue weighted by atomic mass is 10.00. The molecule has 1 aromatic heterocycles. The quantitative estimate of drug-likeness (QED) is 0.373. The number of benzene rings is 1. The van der Waals surface area contributed by atoms with Gasteiger partial charge in [-0.15, -0.1) is 0 Å². The first-order valence-corrected chi connectivity index (χ1v) is 9.74. The molecule has 6 heteroatoms. The number of guanidine groups is 1. The first-order valence-electron chi connectivity index (χ1n) is 9.74. The minimum Gasteiger partial charge on any atom is -0.355 e. The van der Waals surface area contributed by atoms with E-state index in [1.807, 2.05) is 0 Å². The van der Waals surface area contributed by atoms with Gasteiger partial charge in [0.15, 0.2) is 5.96 Å². The zero-order valence-corrected chi connectivity index (χ0v) is 17.2. The summed E-state index contributed by atoms with van der Waals surface area (Å²) in [5.74, 6) is 1.23. The number of hydrogen-bond donors (Lipinski definition) is 3. The third kappa shape index (κ3) is 7.02. The molecule has 3 N–H and O–H groups in total.